The third kappa shape index (κ3) is 6.23. The van der Waals surface area contributed by atoms with Gasteiger partial charge in [-0.1, -0.05) is 30.1 Å². The van der Waals surface area contributed by atoms with Crippen molar-refractivity contribution in [2.24, 2.45) is 5.92 Å². The van der Waals surface area contributed by atoms with Crippen molar-refractivity contribution in [3.63, 3.8) is 0 Å². The second-order valence-corrected chi connectivity index (χ2v) is 10.3. The Bertz CT molecular complexity index is 1120. The largest absolute Gasteiger partial charge is 0.507 e. The van der Waals surface area contributed by atoms with Gasteiger partial charge >= 0.3 is 6.16 Å². The van der Waals surface area contributed by atoms with E-state index in [4.69, 9.17) is 38.8 Å². The summed E-state index contributed by atoms with van der Waals surface area (Å²) >= 11 is 12.0. The van der Waals surface area contributed by atoms with E-state index in [-0.39, 0.29) is 46.1 Å². The summed E-state index contributed by atoms with van der Waals surface area (Å²) in [4.78, 5) is 32.3. The maximum absolute atomic E-state index is 13.4. The summed E-state index contributed by atoms with van der Waals surface area (Å²) in [5, 5.41) is 11.8. The second kappa shape index (κ2) is 10.7. The molecule has 12 nitrogen and oxygen atoms in total. The Hall–Kier alpha value is -2.74. The number of carbonyl (C=O) groups excluding carboxylic acids is 1. The summed E-state index contributed by atoms with van der Waals surface area (Å²) in [6, 6.07) is 0.885. The van der Waals surface area contributed by atoms with Crippen molar-refractivity contribution in [2.75, 3.05) is 24.1 Å². The lowest BCUT2D eigenvalue weighted by Gasteiger charge is -2.38. The fraction of sp³-hybridized carbons (Fsp3) is 0.421. The molecule has 1 fully saturated rings. The van der Waals surface area contributed by atoms with E-state index in [1.165, 1.54) is 11.1 Å². The molecule has 0 aliphatic carbocycles. The minimum absolute atomic E-state index is 0.0190. The molecule has 2 aromatic rings. The number of benzene rings is 1. The first-order valence-electron chi connectivity index (χ1n) is 10.2. The minimum atomic E-state index is -4.30. The Labute approximate surface area is 205 Å². The van der Waals surface area contributed by atoms with Crippen LogP contribution in [-0.4, -0.2) is 65.8 Å². The van der Waals surface area contributed by atoms with E-state index in [9.17, 15) is 18.0 Å². The number of nitrogen functional groups attached to an aromatic ring is 1. The van der Waals surface area contributed by atoms with Crippen molar-refractivity contribution in [1.29, 1.82) is 0 Å². The van der Waals surface area contributed by atoms with Crippen LogP contribution in [0.3, 0.4) is 0 Å². The van der Waals surface area contributed by atoms with Crippen molar-refractivity contribution in [3.05, 3.63) is 34.6 Å². The fourth-order valence-electron chi connectivity index (χ4n) is 3.48. The molecule has 1 saturated heterocycles. The predicted molar refractivity (Wildman–Crippen MR) is 125 cm³/mol. The van der Waals surface area contributed by atoms with Gasteiger partial charge in [0.05, 0.1) is 20.6 Å². The molecule has 1 aliphatic rings. The van der Waals surface area contributed by atoms with E-state index in [1.54, 1.807) is 6.20 Å². The van der Waals surface area contributed by atoms with Crippen molar-refractivity contribution < 1.29 is 27.9 Å². The molecule has 0 radical (unpaired) electrons. The van der Waals surface area contributed by atoms with E-state index in [0.29, 0.717) is 12.4 Å². The number of halogens is 2. The first kappa shape index (κ1) is 25.9. The summed E-state index contributed by atoms with van der Waals surface area (Å²) in [7, 11) is -4.30. The number of nitrogens with one attached hydrogen (secondary N) is 3. The van der Waals surface area contributed by atoms with Crippen LogP contribution < -0.4 is 15.8 Å². The highest BCUT2D eigenvalue weighted by Crippen LogP contribution is 2.31. The molecule has 2 heterocycles. The van der Waals surface area contributed by atoms with E-state index < -0.39 is 34.4 Å². The van der Waals surface area contributed by atoms with Gasteiger partial charge in [0.15, 0.2) is 12.2 Å². The average Bonchev–Trinajstić information content (AvgIpc) is 3.27. The number of anilines is 2. The normalized spacial score (nSPS) is 19.4. The lowest BCUT2D eigenvalue weighted by atomic mass is 9.97. The SMILES string of the molecule is C[C@@H]1CCN(C(=O)[C@H](CNc2ncc[nH]2)NS(=O)(=O)c2cc(Cl)c(N)c(Cl)c2)[C@H](OC(=O)O)C1. The lowest BCUT2D eigenvalue weighted by Crippen LogP contribution is -2.57. The number of ether oxygens (including phenoxy) is 1. The molecule has 3 atom stereocenters. The molecule has 0 bridgehead atoms. The molecule has 1 aliphatic heterocycles. The first-order chi connectivity index (χ1) is 16.0. The van der Waals surface area contributed by atoms with Crippen LogP contribution in [0.5, 0.6) is 0 Å². The number of likely N-dealkylation sites (tertiary alicyclic amines) is 1. The number of piperidine rings is 1. The van der Waals surface area contributed by atoms with Crippen LogP contribution in [0.2, 0.25) is 10.0 Å². The van der Waals surface area contributed by atoms with Gasteiger partial charge in [0.2, 0.25) is 15.9 Å². The monoisotopic (exact) mass is 534 g/mol. The Kier molecular flexibility index (Phi) is 8.13. The number of nitrogens with zero attached hydrogens (tertiary/aromatic N) is 2. The number of amides is 1. The number of hydrogen-bond donors (Lipinski definition) is 5. The third-order valence-electron chi connectivity index (χ3n) is 5.26. The minimum Gasteiger partial charge on any atom is -0.450 e. The lowest BCUT2D eigenvalue weighted by molar-refractivity contribution is -0.149. The smallest absolute Gasteiger partial charge is 0.450 e. The van der Waals surface area contributed by atoms with E-state index in [1.807, 2.05) is 6.92 Å². The number of H-pyrrole nitrogens is 1. The summed E-state index contributed by atoms with van der Waals surface area (Å²) in [6.45, 7) is 1.90. The quantitative estimate of drug-likeness (QED) is 0.250. The van der Waals surface area contributed by atoms with Gasteiger partial charge in [0.25, 0.3) is 0 Å². The van der Waals surface area contributed by atoms with E-state index in [2.05, 4.69) is 20.0 Å². The second-order valence-electron chi connectivity index (χ2n) is 7.79. The molecule has 1 aromatic heterocycles. The zero-order valence-electron chi connectivity index (χ0n) is 18.0. The highest BCUT2D eigenvalue weighted by molar-refractivity contribution is 7.89. The summed E-state index contributed by atoms with van der Waals surface area (Å²) < 4.78 is 33.5. The first-order valence-corrected chi connectivity index (χ1v) is 12.4. The third-order valence-corrected chi connectivity index (χ3v) is 7.34. The molecule has 6 N–H and O–H groups in total. The number of carbonyl (C=O) groups is 2. The highest BCUT2D eigenvalue weighted by atomic mass is 35.5. The molecule has 186 valence electrons. The van der Waals surface area contributed by atoms with E-state index in [0.717, 1.165) is 12.1 Å². The summed E-state index contributed by atoms with van der Waals surface area (Å²) in [5.41, 5.74) is 5.71. The van der Waals surface area contributed by atoms with Crippen molar-refractivity contribution >= 4 is 56.9 Å². The number of sulfonamides is 1. The van der Waals surface area contributed by atoms with Gasteiger partial charge < -0.3 is 30.8 Å². The number of aromatic nitrogens is 2. The van der Waals surface area contributed by atoms with Gasteiger partial charge in [-0.05, 0) is 24.5 Å². The van der Waals surface area contributed by atoms with Crippen LogP contribution in [-0.2, 0) is 19.6 Å². The molecule has 1 aromatic carbocycles. The zero-order valence-corrected chi connectivity index (χ0v) is 20.3. The number of hydrogen-bond acceptors (Lipinski definition) is 8. The van der Waals surface area contributed by atoms with Crippen LogP contribution in [0.4, 0.5) is 16.4 Å². The molecular weight excluding hydrogens is 511 g/mol. The van der Waals surface area contributed by atoms with E-state index >= 15 is 0 Å². The van der Waals surface area contributed by atoms with Crippen molar-refractivity contribution in [2.45, 2.75) is 36.9 Å². The molecular formula is C19H24Cl2N6O6S. The van der Waals surface area contributed by atoms with Crippen molar-refractivity contribution in [3.8, 4) is 0 Å². The number of nitrogens with two attached hydrogens (primary N) is 1. The summed E-state index contributed by atoms with van der Waals surface area (Å²) in [5.74, 6) is -0.251. The van der Waals surface area contributed by atoms with Crippen LogP contribution in [0.1, 0.15) is 19.8 Å². The number of imidazole rings is 1. The van der Waals surface area contributed by atoms with Crippen LogP contribution in [0.25, 0.3) is 0 Å². The number of aromatic amines is 1. The van der Waals surface area contributed by atoms with Gasteiger partial charge in [-0.15, -0.1) is 0 Å². The number of carboxylic acid groups (broad SMARTS) is 1. The molecule has 3 rings (SSSR count). The van der Waals surface area contributed by atoms with Gasteiger partial charge in [0.1, 0.15) is 6.04 Å². The van der Waals surface area contributed by atoms with Crippen molar-refractivity contribution in [1.82, 2.24) is 19.6 Å². The average molecular weight is 535 g/mol. The van der Waals surface area contributed by atoms with Gasteiger partial charge in [-0.25, -0.2) is 18.2 Å². The molecule has 0 saturated carbocycles. The Morgan fingerprint density at radius 2 is 2.06 bits per heavy atom. The van der Waals surface area contributed by atoms with Crippen LogP contribution >= 0.6 is 23.2 Å². The molecule has 15 heteroatoms. The highest BCUT2D eigenvalue weighted by Gasteiger charge is 2.37. The molecule has 34 heavy (non-hydrogen) atoms. The maximum Gasteiger partial charge on any atom is 0.507 e. The predicted octanol–water partition coefficient (Wildman–Crippen LogP) is 2.34. The fourth-order valence-corrected chi connectivity index (χ4v) is 5.34. The summed E-state index contributed by atoms with van der Waals surface area (Å²) in [6.07, 6.45) is 1.32. The topological polar surface area (TPSA) is 180 Å². The molecule has 0 spiro atoms. The van der Waals surface area contributed by atoms with Gasteiger partial charge in [0, 0.05) is 31.9 Å². The Morgan fingerprint density at radius 1 is 1.38 bits per heavy atom. The van der Waals surface area contributed by atoms with Gasteiger partial charge in [-0.3, -0.25) is 4.79 Å². The van der Waals surface area contributed by atoms with Crippen LogP contribution in [0, 0.1) is 5.92 Å². The Balaban J connectivity index is 1.89. The molecule has 1 amide bonds. The molecule has 0 unspecified atom stereocenters. The Morgan fingerprint density at radius 3 is 2.65 bits per heavy atom. The standard InChI is InChI=1S/C19H24Cl2N6O6S/c1-10-2-5-27(15(6-10)33-19(29)30)17(28)14(9-25-18-23-3-4-24-18)26-34(31,32)11-7-12(20)16(22)13(21)8-11/h3-4,7-8,10,14-15,26H,2,5-6,9,22H2,1H3,(H,29,30)(H2,23,24,25)/t10-,14+,15-/m1/s1. The zero-order chi connectivity index (χ0) is 25.0. The number of rotatable bonds is 8. The van der Waals surface area contributed by atoms with Crippen LogP contribution in [0.15, 0.2) is 29.4 Å². The van der Waals surface area contributed by atoms with Gasteiger partial charge in [-0.2, -0.15) is 4.72 Å². The maximum atomic E-state index is 13.4.